The van der Waals surface area contributed by atoms with Crippen molar-refractivity contribution in [2.45, 2.75) is 5.75 Å². The van der Waals surface area contributed by atoms with Gasteiger partial charge in [0.25, 0.3) is 0 Å². The maximum Gasteiger partial charge on any atom is 0.335 e. The van der Waals surface area contributed by atoms with Crippen LogP contribution in [-0.2, 0) is 5.75 Å². The van der Waals surface area contributed by atoms with Crippen LogP contribution in [0.5, 0.6) is 0 Å². The highest BCUT2D eigenvalue weighted by atomic mass is 32.1. The molecule has 0 radical (unpaired) electrons. The molecule has 0 saturated heterocycles. The van der Waals surface area contributed by atoms with Crippen LogP contribution in [-0.4, -0.2) is 11.1 Å². The van der Waals surface area contributed by atoms with Gasteiger partial charge in [-0.3, -0.25) is 0 Å². The molecule has 0 aromatic heterocycles. The van der Waals surface area contributed by atoms with E-state index in [0.29, 0.717) is 5.56 Å². The summed E-state index contributed by atoms with van der Waals surface area (Å²) in [4.78, 5) is 10.5. The first-order valence-electron chi connectivity index (χ1n) is 3.27. The van der Waals surface area contributed by atoms with Gasteiger partial charge >= 0.3 is 5.97 Å². The van der Waals surface area contributed by atoms with Crippen LogP contribution in [0.4, 0.5) is 4.39 Å². The number of hydrogen-bond donors (Lipinski definition) is 2. The Morgan fingerprint density at radius 3 is 2.75 bits per heavy atom. The lowest BCUT2D eigenvalue weighted by Gasteiger charge is -2.01. The summed E-state index contributed by atoms with van der Waals surface area (Å²) in [7, 11) is 0. The normalized spacial score (nSPS) is 9.83. The van der Waals surface area contributed by atoms with E-state index in [1.165, 1.54) is 12.1 Å². The number of carbonyl (C=O) groups is 1. The van der Waals surface area contributed by atoms with E-state index < -0.39 is 11.8 Å². The number of thiol groups is 1. The van der Waals surface area contributed by atoms with Crippen molar-refractivity contribution in [1.29, 1.82) is 0 Å². The quantitative estimate of drug-likeness (QED) is 0.693. The second-order valence-electron chi connectivity index (χ2n) is 2.26. The van der Waals surface area contributed by atoms with Gasteiger partial charge in [-0.05, 0) is 23.8 Å². The molecule has 0 spiro atoms. The molecule has 0 bridgehead atoms. The van der Waals surface area contributed by atoms with Crippen LogP contribution in [0.25, 0.3) is 0 Å². The molecule has 0 aliphatic heterocycles. The molecule has 0 unspecified atom stereocenters. The Balaban J connectivity index is 3.20. The summed E-state index contributed by atoms with van der Waals surface area (Å²) in [5.74, 6) is -1.28. The molecule has 64 valence electrons. The minimum absolute atomic E-state index is 0.103. The SMILES string of the molecule is O=C(O)c1ccc(F)cc1CS. The first-order chi connectivity index (χ1) is 5.65. The van der Waals surface area contributed by atoms with Gasteiger partial charge in [0.1, 0.15) is 5.82 Å². The molecule has 12 heavy (non-hydrogen) atoms. The zero-order valence-electron chi connectivity index (χ0n) is 6.12. The topological polar surface area (TPSA) is 37.3 Å². The molecule has 0 atom stereocenters. The first kappa shape index (κ1) is 9.06. The molecule has 0 saturated carbocycles. The van der Waals surface area contributed by atoms with E-state index in [2.05, 4.69) is 12.6 Å². The van der Waals surface area contributed by atoms with Gasteiger partial charge in [0.05, 0.1) is 5.56 Å². The molecule has 0 aliphatic carbocycles. The minimum Gasteiger partial charge on any atom is -0.478 e. The maximum atomic E-state index is 12.6. The second-order valence-corrected chi connectivity index (χ2v) is 2.58. The fourth-order valence-electron chi connectivity index (χ4n) is 0.902. The summed E-state index contributed by atoms with van der Waals surface area (Å²) < 4.78 is 12.6. The van der Waals surface area contributed by atoms with Crippen molar-refractivity contribution in [3.63, 3.8) is 0 Å². The largest absolute Gasteiger partial charge is 0.478 e. The van der Waals surface area contributed by atoms with Gasteiger partial charge in [-0.1, -0.05) is 0 Å². The van der Waals surface area contributed by atoms with E-state index in [9.17, 15) is 9.18 Å². The molecule has 0 amide bonds. The number of hydrogen-bond acceptors (Lipinski definition) is 2. The number of halogens is 1. The Hall–Kier alpha value is -1.03. The van der Waals surface area contributed by atoms with Crippen LogP contribution in [0, 0.1) is 5.82 Å². The third-order valence-electron chi connectivity index (χ3n) is 1.47. The van der Waals surface area contributed by atoms with Crippen molar-refractivity contribution in [2.75, 3.05) is 0 Å². The molecular weight excluding hydrogens is 179 g/mol. The second kappa shape index (κ2) is 3.58. The number of benzene rings is 1. The Morgan fingerprint density at radius 2 is 2.25 bits per heavy atom. The average molecular weight is 186 g/mol. The zero-order chi connectivity index (χ0) is 9.14. The fraction of sp³-hybridized carbons (Fsp3) is 0.125. The van der Waals surface area contributed by atoms with Gasteiger partial charge in [-0.15, -0.1) is 0 Å². The average Bonchev–Trinajstić information content (AvgIpc) is 2.03. The highest BCUT2D eigenvalue weighted by Gasteiger charge is 2.08. The summed E-state index contributed by atoms with van der Waals surface area (Å²) in [5, 5.41) is 8.63. The summed E-state index contributed by atoms with van der Waals surface area (Å²) in [6.45, 7) is 0. The first-order valence-corrected chi connectivity index (χ1v) is 3.91. The summed E-state index contributed by atoms with van der Waals surface area (Å²) >= 11 is 3.89. The maximum absolute atomic E-state index is 12.6. The van der Waals surface area contributed by atoms with E-state index in [-0.39, 0.29) is 11.3 Å². The number of aromatic carboxylic acids is 1. The van der Waals surface area contributed by atoms with Crippen LogP contribution in [0.15, 0.2) is 18.2 Å². The molecule has 0 fully saturated rings. The van der Waals surface area contributed by atoms with Crippen LogP contribution in [0.3, 0.4) is 0 Å². The van der Waals surface area contributed by atoms with Gasteiger partial charge in [-0.2, -0.15) is 12.6 Å². The monoisotopic (exact) mass is 186 g/mol. The Morgan fingerprint density at radius 1 is 1.58 bits per heavy atom. The summed E-state index contributed by atoms with van der Waals surface area (Å²) in [6, 6.07) is 3.54. The van der Waals surface area contributed by atoms with Crippen molar-refractivity contribution in [3.05, 3.63) is 35.1 Å². The van der Waals surface area contributed by atoms with E-state index in [0.717, 1.165) is 6.07 Å². The van der Waals surface area contributed by atoms with Gasteiger partial charge < -0.3 is 5.11 Å². The summed E-state index contributed by atoms with van der Waals surface area (Å²) in [5.41, 5.74) is 0.497. The van der Waals surface area contributed by atoms with Crippen molar-refractivity contribution >= 4 is 18.6 Å². The van der Waals surface area contributed by atoms with E-state index >= 15 is 0 Å². The summed E-state index contributed by atoms with van der Waals surface area (Å²) in [6.07, 6.45) is 0. The smallest absolute Gasteiger partial charge is 0.335 e. The lowest BCUT2D eigenvalue weighted by atomic mass is 10.1. The fourth-order valence-corrected chi connectivity index (χ4v) is 1.16. The van der Waals surface area contributed by atoms with Crippen LogP contribution >= 0.6 is 12.6 Å². The lowest BCUT2D eigenvalue weighted by molar-refractivity contribution is 0.0696. The Labute approximate surface area is 74.4 Å². The van der Waals surface area contributed by atoms with Crippen molar-refractivity contribution in [1.82, 2.24) is 0 Å². The molecular formula is C8H7FO2S. The van der Waals surface area contributed by atoms with E-state index in [1.807, 2.05) is 0 Å². The molecule has 1 rings (SSSR count). The van der Waals surface area contributed by atoms with E-state index in [1.54, 1.807) is 0 Å². The highest BCUT2D eigenvalue weighted by molar-refractivity contribution is 7.79. The Kier molecular flexibility index (Phi) is 2.70. The minimum atomic E-state index is -1.06. The van der Waals surface area contributed by atoms with Crippen LogP contribution in [0.2, 0.25) is 0 Å². The van der Waals surface area contributed by atoms with Crippen molar-refractivity contribution in [2.24, 2.45) is 0 Å². The zero-order valence-corrected chi connectivity index (χ0v) is 7.01. The van der Waals surface area contributed by atoms with Crippen LogP contribution in [0.1, 0.15) is 15.9 Å². The molecule has 4 heteroatoms. The predicted molar refractivity (Wildman–Crippen MR) is 46.0 cm³/mol. The highest BCUT2D eigenvalue weighted by Crippen LogP contribution is 2.13. The van der Waals surface area contributed by atoms with Gasteiger partial charge in [-0.25, -0.2) is 9.18 Å². The van der Waals surface area contributed by atoms with Crippen LogP contribution < -0.4 is 0 Å². The predicted octanol–water partition coefficient (Wildman–Crippen LogP) is 1.95. The molecule has 2 nitrogen and oxygen atoms in total. The molecule has 0 heterocycles. The molecule has 1 N–H and O–H groups in total. The third kappa shape index (κ3) is 1.76. The van der Waals surface area contributed by atoms with E-state index in [4.69, 9.17) is 5.11 Å². The lowest BCUT2D eigenvalue weighted by Crippen LogP contribution is -2.01. The number of carboxylic acid groups (broad SMARTS) is 1. The number of carboxylic acids is 1. The standard InChI is InChI=1S/C8H7FO2S/c9-6-1-2-7(8(10)11)5(3-6)4-12/h1-3,12H,4H2,(H,10,11). The molecule has 1 aromatic carbocycles. The van der Waals surface area contributed by atoms with Gasteiger partial charge in [0, 0.05) is 5.75 Å². The molecule has 0 aliphatic rings. The van der Waals surface area contributed by atoms with Gasteiger partial charge in [0.2, 0.25) is 0 Å². The van der Waals surface area contributed by atoms with Crippen molar-refractivity contribution < 1.29 is 14.3 Å². The molecule has 1 aromatic rings. The third-order valence-corrected chi connectivity index (χ3v) is 1.81. The van der Waals surface area contributed by atoms with Gasteiger partial charge in [0.15, 0.2) is 0 Å². The Bertz CT molecular complexity index is 312. The number of rotatable bonds is 2. The van der Waals surface area contributed by atoms with Crippen molar-refractivity contribution in [3.8, 4) is 0 Å².